The van der Waals surface area contributed by atoms with Crippen LogP contribution in [0.25, 0.3) is 0 Å². The van der Waals surface area contributed by atoms with E-state index in [2.05, 4.69) is 4.74 Å². The summed E-state index contributed by atoms with van der Waals surface area (Å²) in [7, 11) is -4.17. The maximum Gasteiger partial charge on any atom is 0.573 e. The smallest absolute Gasteiger partial charge is 0.406 e. The van der Waals surface area contributed by atoms with Crippen molar-refractivity contribution in [3.8, 4) is 5.75 Å². The number of ether oxygens (including phenoxy) is 1. The third-order valence-corrected chi connectivity index (χ3v) is 2.77. The molecule has 0 aromatic heterocycles. The second-order valence-electron chi connectivity index (χ2n) is 3.98. The Hall–Kier alpha value is -1.49. The third kappa shape index (κ3) is 6.21. The van der Waals surface area contributed by atoms with E-state index in [1.54, 1.807) is 0 Å². The van der Waals surface area contributed by atoms with Crippen LogP contribution in [0.15, 0.2) is 24.3 Å². The predicted octanol–water partition coefficient (Wildman–Crippen LogP) is 2.74. The molecule has 0 aliphatic heterocycles. The molecule has 0 saturated carbocycles. The van der Waals surface area contributed by atoms with Crippen molar-refractivity contribution in [2.24, 2.45) is 0 Å². The Labute approximate surface area is 115 Å². The summed E-state index contributed by atoms with van der Waals surface area (Å²) in [4.78, 5) is 0. The Morgan fingerprint density at radius 1 is 1.05 bits per heavy atom. The molecule has 1 aromatic rings. The summed E-state index contributed by atoms with van der Waals surface area (Å²) in [6.07, 6.45) is -9.39. The van der Waals surface area contributed by atoms with E-state index in [-0.39, 0.29) is 0 Å². The van der Waals surface area contributed by atoms with Gasteiger partial charge in [0.15, 0.2) is 0 Å². The highest BCUT2D eigenvalue weighted by Gasteiger charge is 2.42. The Morgan fingerprint density at radius 2 is 1.52 bits per heavy atom. The van der Waals surface area contributed by atoms with Crippen molar-refractivity contribution < 1.29 is 39.5 Å². The zero-order valence-electron chi connectivity index (χ0n) is 10.3. The summed E-state index contributed by atoms with van der Waals surface area (Å²) in [5.41, 5.74) is -0.567. The summed E-state index contributed by atoms with van der Waals surface area (Å²) in [6.45, 7) is 0. The Bertz CT molecular complexity index is 578. The third-order valence-electron chi connectivity index (χ3n) is 2.11. The lowest BCUT2D eigenvalue weighted by Gasteiger charge is -2.21. The fraction of sp³-hybridized carbons (Fsp3) is 0.400. The normalized spacial score (nSPS) is 14.8. The van der Waals surface area contributed by atoms with Crippen molar-refractivity contribution in [3.63, 3.8) is 0 Å². The van der Waals surface area contributed by atoms with Crippen LogP contribution in [0.1, 0.15) is 11.6 Å². The lowest BCUT2D eigenvalue weighted by atomic mass is 10.1. The van der Waals surface area contributed by atoms with Crippen molar-refractivity contribution in [1.82, 2.24) is 4.72 Å². The van der Waals surface area contributed by atoms with Crippen LogP contribution in [0, 0.1) is 0 Å². The molecule has 11 heteroatoms. The van der Waals surface area contributed by atoms with Gasteiger partial charge < -0.3 is 4.74 Å². The van der Waals surface area contributed by atoms with E-state index in [0.29, 0.717) is 30.5 Å². The molecular formula is C10H9F6NO3S. The van der Waals surface area contributed by atoms with Crippen LogP contribution >= 0.6 is 0 Å². The monoisotopic (exact) mass is 337 g/mol. The van der Waals surface area contributed by atoms with Gasteiger partial charge in [-0.3, -0.25) is 0 Å². The van der Waals surface area contributed by atoms with Crippen LogP contribution in [0.4, 0.5) is 26.3 Å². The highest BCUT2D eigenvalue weighted by molar-refractivity contribution is 7.88. The van der Waals surface area contributed by atoms with Crippen molar-refractivity contribution in [2.75, 3.05) is 6.26 Å². The van der Waals surface area contributed by atoms with Gasteiger partial charge >= 0.3 is 12.5 Å². The van der Waals surface area contributed by atoms with Crippen LogP contribution in [-0.2, 0) is 10.0 Å². The second kappa shape index (κ2) is 5.72. The predicted molar refractivity (Wildman–Crippen MR) is 59.9 cm³/mol. The minimum absolute atomic E-state index is 0.535. The molecule has 0 unspecified atom stereocenters. The van der Waals surface area contributed by atoms with E-state index in [9.17, 15) is 34.8 Å². The van der Waals surface area contributed by atoms with Gasteiger partial charge in [0, 0.05) is 0 Å². The van der Waals surface area contributed by atoms with E-state index in [1.165, 1.54) is 4.72 Å². The van der Waals surface area contributed by atoms with Crippen LogP contribution in [-0.4, -0.2) is 27.2 Å². The van der Waals surface area contributed by atoms with Crippen LogP contribution in [0.2, 0.25) is 0 Å². The number of nitrogens with one attached hydrogen (secondary N) is 1. The lowest BCUT2D eigenvalue weighted by Crippen LogP contribution is -2.37. The number of hydrogen-bond donors (Lipinski definition) is 1. The number of sulfonamides is 1. The molecular weight excluding hydrogens is 328 g/mol. The average molecular weight is 337 g/mol. The number of benzene rings is 1. The number of alkyl halides is 6. The molecule has 0 saturated heterocycles. The highest BCUT2D eigenvalue weighted by atomic mass is 32.2. The lowest BCUT2D eigenvalue weighted by molar-refractivity contribution is -0.274. The standard InChI is InChI=1S/C10H9F6NO3S/c1-21(18,19)17-8(9(11,12)13)6-2-4-7(5-3-6)20-10(14,15)16/h2-5,8,17H,1H3/t8-/m0/s1. The van der Waals surface area contributed by atoms with E-state index >= 15 is 0 Å². The molecule has 1 rings (SSSR count). The zero-order chi connectivity index (χ0) is 16.5. The molecule has 0 aliphatic rings. The van der Waals surface area contributed by atoms with Crippen LogP contribution < -0.4 is 9.46 Å². The fourth-order valence-electron chi connectivity index (χ4n) is 1.40. The molecule has 0 spiro atoms. The van der Waals surface area contributed by atoms with E-state index in [1.807, 2.05) is 0 Å². The topological polar surface area (TPSA) is 55.4 Å². The van der Waals surface area contributed by atoms with E-state index in [0.717, 1.165) is 0 Å². The van der Waals surface area contributed by atoms with Crippen LogP contribution in [0.5, 0.6) is 5.75 Å². The largest absolute Gasteiger partial charge is 0.573 e. The highest BCUT2D eigenvalue weighted by Crippen LogP contribution is 2.34. The number of halogens is 6. The molecule has 4 nitrogen and oxygen atoms in total. The second-order valence-corrected chi connectivity index (χ2v) is 5.76. The first kappa shape index (κ1) is 17.6. The quantitative estimate of drug-likeness (QED) is 0.860. The molecule has 0 aliphatic carbocycles. The van der Waals surface area contributed by atoms with Gasteiger partial charge in [-0.2, -0.15) is 17.9 Å². The van der Waals surface area contributed by atoms with Gasteiger partial charge in [0.1, 0.15) is 11.8 Å². The van der Waals surface area contributed by atoms with Gasteiger partial charge in [-0.05, 0) is 17.7 Å². The van der Waals surface area contributed by atoms with E-state index in [4.69, 9.17) is 0 Å². The summed E-state index contributed by atoms with van der Waals surface area (Å²) in [5.74, 6) is -0.716. The van der Waals surface area contributed by atoms with Crippen molar-refractivity contribution in [3.05, 3.63) is 29.8 Å². The van der Waals surface area contributed by atoms with Gasteiger partial charge in [0.05, 0.1) is 6.26 Å². The Balaban J connectivity index is 3.05. The van der Waals surface area contributed by atoms with Gasteiger partial charge in [-0.25, -0.2) is 8.42 Å². The number of rotatable bonds is 4. The average Bonchev–Trinajstić information content (AvgIpc) is 2.22. The maximum absolute atomic E-state index is 12.8. The first-order valence-corrected chi connectivity index (χ1v) is 7.07. The SMILES string of the molecule is CS(=O)(=O)N[C@@H](c1ccc(OC(F)(F)F)cc1)C(F)(F)F. The summed E-state index contributed by atoms with van der Waals surface area (Å²) >= 11 is 0. The fourth-order valence-corrected chi connectivity index (χ4v) is 2.10. The number of hydrogen-bond acceptors (Lipinski definition) is 3. The van der Waals surface area contributed by atoms with Crippen molar-refractivity contribution >= 4 is 10.0 Å². The van der Waals surface area contributed by atoms with E-state index < -0.39 is 39.9 Å². The molecule has 0 fully saturated rings. The Kier molecular flexibility index (Phi) is 4.78. The maximum atomic E-state index is 12.8. The first-order chi connectivity index (χ1) is 9.28. The molecule has 120 valence electrons. The minimum atomic E-state index is -4.98. The Morgan fingerprint density at radius 3 is 1.86 bits per heavy atom. The molecule has 0 heterocycles. The molecule has 0 radical (unpaired) electrons. The molecule has 1 N–H and O–H groups in total. The summed E-state index contributed by atoms with van der Waals surface area (Å²) in [5, 5.41) is 0. The molecule has 0 bridgehead atoms. The molecule has 1 aromatic carbocycles. The first-order valence-electron chi connectivity index (χ1n) is 5.18. The molecule has 21 heavy (non-hydrogen) atoms. The van der Waals surface area contributed by atoms with Gasteiger partial charge in [-0.15, -0.1) is 13.2 Å². The molecule has 0 amide bonds. The molecule has 1 atom stereocenters. The van der Waals surface area contributed by atoms with Gasteiger partial charge in [0.2, 0.25) is 10.0 Å². The zero-order valence-corrected chi connectivity index (χ0v) is 11.1. The van der Waals surface area contributed by atoms with Gasteiger partial charge in [0.25, 0.3) is 0 Å². The van der Waals surface area contributed by atoms with Crippen molar-refractivity contribution in [1.29, 1.82) is 0 Å². The summed E-state index contributed by atoms with van der Waals surface area (Å²) < 4.78 is 101. The van der Waals surface area contributed by atoms with Crippen LogP contribution in [0.3, 0.4) is 0 Å². The van der Waals surface area contributed by atoms with Crippen molar-refractivity contribution in [2.45, 2.75) is 18.6 Å². The summed E-state index contributed by atoms with van der Waals surface area (Å²) in [6, 6.07) is 0.138. The van der Waals surface area contributed by atoms with Gasteiger partial charge in [-0.1, -0.05) is 12.1 Å². The minimum Gasteiger partial charge on any atom is -0.406 e.